The lowest BCUT2D eigenvalue weighted by atomic mass is 10.3. The second-order valence-corrected chi connectivity index (χ2v) is 4.87. The molecule has 0 bridgehead atoms. The molecule has 5 heteroatoms. The Kier molecular flexibility index (Phi) is 4.98. The summed E-state index contributed by atoms with van der Waals surface area (Å²) >= 11 is 0. The molecule has 0 spiro atoms. The minimum absolute atomic E-state index is 0.883. The average Bonchev–Trinajstić information content (AvgIpc) is 2.74. The zero-order chi connectivity index (χ0) is 14.4. The predicted octanol–water partition coefficient (Wildman–Crippen LogP) is 2.83. The van der Waals surface area contributed by atoms with Gasteiger partial charge in [0.05, 0.1) is 5.69 Å². The maximum atomic E-state index is 4.48. The van der Waals surface area contributed by atoms with Crippen LogP contribution < -0.4 is 10.6 Å². The van der Waals surface area contributed by atoms with Gasteiger partial charge in [-0.2, -0.15) is 5.10 Å². The van der Waals surface area contributed by atoms with Crippen LogP contribution in [0.3, 0.4) is 0 Å². The van der Waals surface area contributed by atoms with Gasteiger partial charge in [0.25, 0.3) is 0 Å². The molecule has 2 aromatic rings. The average molecular weight is 273 g/mol. The molecule has 0 saturated carbocycles. The van der Waals surface area contributed by atoms with Crippen LogP contribution >= 0.6 is 0 Å². The summed E-state index contributed by atoms with van der Waals surface area (Å²) in [5.41, 5.74) is 2.30. The maximum absolute atomic E-state index is 4.48. The van der Waals surface area contributed by atoms with Gasteiger partial charge in [-0.1, -0.05) is 6.07 Å². The minimum Gasteiger partial charge on any atom is -0.370 e. The van der Waals surface area contributed by atoms with E-state index in [9.17, 15) is 0 Å². The molecule has 0 fully saturated rings. The highest BCUT2D eigenvalue weighted by atomic mass is 15.3. The summed E-state index contributed by atoms with van der Waals surface area (Å²) in [4.78, 5) is 4.48. The van der Waals surface area contributed by atoms with Crippen molar-refractivity contribution in [3.05, 3.63) is 35.7 Å². The van der Waals surface area contributed by atoms with Gasteiger partial charge in [-0.3, -0.25) is 4.68 Å². The molecule has 2 N–H and O–H groups in total. The van der Waals surface area contributed by atoms with E-state index in [2.05, 4.69) is 45.3 Å². The normalized spacial score (nSPS) is 10.6. The van der Waals surface area contributed by atoms with Crippen LogP contribution in [0.5, 0.6) is 0 Å². The minimum atomic E-state index is 0.883. The smallest absolute Gasteiger partial charge is 0.128 e. The number of aromatic nitrogens is 3. The number of pyridine rings is 1. The monoisotopic (exact) mass is 273 g/mol. The van der Waals surface area contributed by atoms with Crippen molar-refractivity contribution in [3.63, 3.8) is 0 Å². The molecule has 0 amide bonds. The first-order chi connectivity index (χ1) is 9.69. The van der Waals surface area contributed by atoms with E-state index in [4.69, 9.17) is 0 Å². The number of hydrogen-bond donors (Lipinski definition) is 2. The number of rotatable bonds is 7. The second kappa shape index (κ2) is 6.93. The van der Waals surface area contributed by atoms with E-state index in [1.807, 2.05) is 25.1 Å². The highest BCUT2D eigenvalue weighted by Gasteiger charge is 2.00. The van der Waals surface area contributed by atoms with E-state index in [1.54, 1.807) is 0 Å². The Morgan fingerprint density at radius 1 is 1.15 bits per heavy atom. The molecule has 0 aromatic carbocycles. The van der Waals surface area contributed by atoms with Gasteiger partial charge < -0.3 is 10.6 Å². The number of aryl methyl sites for hydroxylation is 3. The van der Waals surface area contributed by atoms with Crippen molar-refractivity contribution in [2.24, 2.45) is 0 Å². The molecule has 0 saturated heterocycles. The van der Waals surface area contributed by atoms with Gasteiger partial charge in [-0.05, 0) is 45.4 Å². The molecule has 20 heavy (non-hydrogen) atoms. The molecular formula is C15H23N5. The number of nitrogens with zero attached hydrogens (tertiary/aromatic N) is 3. The van der Waals surface area contributed by atoms with Gasteiger partial charge in [0, 0.05) is 25.3 Å². The predicted molar refractivity (Wildman–Crippen MR) is 83.2 cm³/mol. The topological polar surface area (TPSA) is 54.8 Å². The van der Waals surface area contributed by atoms with Crippen LogP contribution in [0.15, 0.2) is 24.3 Å². The molecule has 0 aliphatic heterocycles. The molecule has 2 heterocycles. The number of hydrogen-bond acceptors (Lipinski definition) is 4. The SMILES string of the molecule is CCNc1cccc(NCCCn2nc(C)cc2C)n1. The van der Waals surface area contributed by atoms with Crippen molar-refractivity contribution in [1.82, 2.24) is 14.8 Å². The summed E-state index contributed by atoms with van der Waals surface area (Å²) in [5, 5.41) is 11.0. The first-order valence-electron chi connectivity index (χ1n) is 7.15. The molecule has 0 radical (unpaired) electrons. The Morgan fingerprint density at radius 3 is 2.55 bits per heavy atom. The van der Waals surface area contributed by atoms with Gasteiger partial charge in [0.2, 0.25) is 0 Å². The Bertz CT molecular complexity index is 547. The van der Waals surface area contributed by atoms with Crippen molar-refractivity contribution in [1.29, 1.82) is 0 Å². The van der Waals surface area contributed by atoms with Gasteiger partial charge in [0.1, 0.15) is 11.6 Å². The molecule has 0 atom stereocenters. The molecular weight excluding hydrogens is 250 g/mol. The van der Waals surface area contributed by atoms with E-state index in [0.717, 1.165) is 43.4 Å². The number of nitrogens with one attached hydrogen (secondary N) is 2. The first kappa shape index (κ1) is 14.4. The second-order valence-electron chi connectivity index (χ2n) is 4.87. The highest BCUT2D eigenvalue weighted by Crippen LogP contribution is 2.09. The Hall–Kier alpha value is -2.04. The summed E-state index contributed by atoms with van der Waals surface area (Å²) in [6, 6.07) is 8.08. The molecule has 5 nitrogen and oxygen atoms in total. The van der Waals surface area contributed by atoms with Gasteiger partial charge in [-0.25, -0.2) is 4.98 Å². The Labute approximate surface area is 120 Å². The largest absolute Gasteiger partial charge is 0.370 e. The van der Waals surface area contributed by atoms with Crippen molar-refractivity contribution in [3.8, 4) is 0 Å². The molecule has 2 aromatic heterocycles. The summed E-state index contributed by atoms with van der Waals surface area (Å²) in [6.07, 6.45) is 1.02. The van der Waals surface area contributed by atoms with Crippen LogP contribution in [0.2, 0.25) is 0 Å². The van der Waals surface area contributed by atoms with Crippen molar-refractivity contribution < 1.29 is 0 Å². The third kappa shape index (κ3) is 3.98. The van der Waals surface area contributed by atoms with Crippen molar-refractivity contribution in [2.45, 2.75) is 33.7 Å². The third-order valence-corrected chi connectivity index (χ3v) is 3.06. The van der Waals surface area contributed by atoms with Crippen LogP contribution in [-0.4, -0.2) is 27.9 Å². The fourth-order valence-electron chi connectivity index (χ4n) is 2.16. The fourth-order valence-corrected chi connectivity index (χ4v) is 2.16. The highest BCUT2D eigenvalue weighted by molar-refractivity contribution is 5.44. The summed E-state index contributed by atoms with van der Waals surface area (Å²) in [7, 11) is 0. The van der Waals surface area contributed by atoms with Crippen LogP contribution in [0, 0.1) is 13.8 Å². The van der Waals surface area contributed by atoms with E-state index < -0.39 is 0 Å². The van der Waals surface area contributed by atoms with Gasteiger partial charge >= 0.3 is 0 Å². The molecule has 0 aliphatic carbocycles. The molecule has 108 valence electrons. The van der Waals surface area contributed by atoms with Crippen LogP contribution in [0.4, 0.5) is 11.6 Å². The lowest BCUT2D eigenvalue weighted by Crippen LogP contribution is -2.10. The standard InChI is InChI=1S/C15H23N5/c1-4-16-14-7-5-8-15(18-14)17-9-6-10-20-13(3)11-12(2)19-20/h5,7-8,11H,4,6,9-10H2,1-3H3,(H2,16,17,18). The zero-order valence-electron chi connectivity index (χ0n) is 12.5. The van der Waals surface area contributed by atoms with Crippen LogP contribution in [0.1, 0.15) is 24.7 Å². The first-order valence-corrected chi connectivity index (χ1v) is 7.15. The summed E-state index contributed by atoms with van der Waals surface area (Å²) < 4.78 is 2.06. The van der Waals surface area contributed by atoms with Gasteiger partial charge in [-0.15, -0.1) is 0 Å². The molecule has 0 unspecified atom stereocenters. The Morgan fingerprint density at radius 2 is 1.90 bits per heavy atom. The lowest BCUT2D eigenvalue weighted by Gasteiger charge is -2.08. The van der Waals surface area contributed by atoms with E-state index in [0.29, 0.717) is 0 Å². The molecule has 0 aliphatic rings. The van der Waals surface area contributed by atoms with E-state index in [1.165, 1.54) is 5.69 Å². The maximum Gasteiger partial charge on any atom is 0.128 e. The zero-order valence-corrected chi connectivity index (χ0v) is 12.5. The quantitative estimate of drug-likeness (QED) is 0.762. The van der Waals surface area contributed by atoms with Crippen molar-refractivity contribution in [2.75, 3.05) is 23.7 Å². The Balaban J connectivity index is 1.78. The lowest BCUT2D eigenvalue weighted by molar-refractivity contribution is 0.573. The molecule has 2 rings (SSSR count). The van der Waals surface area contributed by atoms with Crippen LogP contribution in [-0.2, 0) is 6.54 Å². The summed E-state index contributed by atoms with van der Waals surface area (Å²) in [6.45, 7) is 8.89. The third-order valence-electron chi connectivity index (χ3n) is 3.06. The van der Waals surface area contributed by atoms with Crippen LogP contribution in [0.25, 0.3) is 0 Å². The van der Waals surface area contributed by atoms with E-state index in [-0.39, 0.29) is 0 Å². The fraction of sp³-hybridized carbons (Fsp3) is 0.467. The van der Waals surface area contributed by atoms with E-state index >= 15 is 0 Å². The van der Waals surface area contributed by atoms with Crippen molar-refractivity contribution >= 4 is 11.6 Å². The van der Waals surface area contributed by atoms with Gasteiger partial charge in [0.15, 0.2) is 0 Å². The summed E-state index contributed by atoms with van der Waals surface area (Å²) in [5.74, 6) is 1.83. The number of anilines is 2.